The predicted octanol–water partition coefficient (Wildman–Crippen LogP) is 2.85. The summed E-state index contributed by atoms with van der Waals surface area (Å²) < 4.78 is 6.42. The lowest BCUT2D eigenvalue weighted by molar-refractivity contribution is -0.0971. The van der Waals surface area contributed by atoms with E-state index in [1.165, 1.54) is 5.69 Å². The summed E-state index contributed by atoms with van der Waals surface area (Å²) in [5, 5.41) is 6.98. The molecule has 2 saturated heterocycles. The van der Waals surface area contributed by atoms with Crippen molar-refractivity contribution in [1.82, 2.24) is 10.6 Å². The van der Waals surface area contributed by atoms with Crippen LogP contribution in [0.25, 0.3) is 0 Å². The van der Waals surface area contributed by atoms with Crippen LogP contribution in [0.5, 0.6) is 0 Å². The molecule has 0 amide bonds. The Morgan fingerprint density at radius 3 is 2.67 bits per heavy atom. The summed E-state index contributed by atoms with van der Waals surface area (Å²) in [5.74, 6) is 0.890. The van der Waals surface area contributed by atoms with E-state index in [1.54, 1.807) is 0 Å². The average molecular weight is 509 g/mol. The minimum absolute atomic E-state index is 0. The molecule has 3 rings (SSSR count). The summed E-state index contributed by atoms with van der Waals surface area (Å²) in [4.78, 5) is 6.77. The molecule has 7 heteroatoms. The van der Waals surface area contributed by atoms with Gasteiger partial charge in [0, 0.05) is 48.3 Å². The molecule has 1 aromatic rings. The van der Waals surface area contributed by atoms with Gasteiger partial charge in [0.05, 0.1) is 13.2 Å². The van der Waals surface area contributed by atoms with Crippen LogP contribution in [-0.4, -0.2) is 51.9 Å². The van der Waals surface area contributed by atoms with Crippen LogP contribution in [0.4, 0.5) is 5.69 Å². The normalized spacial score (nSPS) is 22.5. The van der Waals surface area contributed by atoms with Crippen LogP contribution in [0.2, 0.25) is 0 Å². The van der Waals surface area contributed by atoms with Gasteiger partial charge in [0.25, 0.3) is 0 Å². The lowest BCUT2D eigenvalue weighted by Crippen LogP contribution is -2.52. The molecule has 2 aliphatic heterocycles. The molecule has 134 valence electrons. The minimum atomic E-state index is 0. The number of guanidine groups is 1. The van der Waals surface area contributed by atoms with E-state index >= 15 is 0 Å². The molecule has 1 aromatic carbocycles. The van der Waals surface area contributed by atoms with E-state index in [0.29, 0.717) is 6.04 Å². The average Bonchev–Trinajstić information content (AvgIpc) is 2.98. The Morgan fingerprint density at radius 1 is 1.38 bits per heavy atom. The van der Waals surface area contributed by atoms with E-state index in [0.717, 1.165) is 49.7 Å². The van der Waals surface area contributed by atoms with Gasteiger partial charge in [0.1, 0.15) is 0 Å². The number of halogens is 2. The molecule has 0 saturated carbocycles. The van der Waals surface area contributed by atoms with Crippen LogP contribution >= 0.6 is 39.9 Å². The van der Waals surface area contributed by atoms with E-state index in [9.17, 15) is 0 Å². The number of nitrogens with one attached hydrogen (secondary N) is 2. The molecule has 24 heavy (non-hydrogen) atoms. The van der Waals surface area contributed by atoms with Crippen LogP contribution < -0.4 is 15.5 Å². The van der Waals surface area contributed by atoms with Crippen LogP contribution in [0, 0.1) is 5.41 Å². The van der Waals surface area contributed by atoms with Crippen LogP contribution in [0.1, 0.15) is 13.3 Å². The maximum absolute atomic E-state index is 5.30. The number of anilines is 1. The van der Waals surface area contributed by atoms with Crippen molar-refractivity contribution in [3.8, 4) is 0 Å². The maximum Gasteiger partial charge on any atom is 0.191 e. The van der Waals surface area contributed by atoms with Gasteiger partial charge in [0.2, 0.25) is 0 Å². The molecule has 2 heterocycles. The zero-order chi connectivity index (χ0) is 16.3. The number of hydrogen-bond donors (Lipinski definition) is 2. The number of ether oxygens (including phenoxy) is 1. The second-order valence-electron chi connectivity index (χ2n) is 6.78. The van der Waals surface area contributed by atoms with E-state index < -0.39 is 0 Å². The molecule has 1 unspecified atom stereocenters. The highest BCUT2D eigenvalue weighted by molar-refractivity contribution is 14.0. The van der Waals surface area contributed by atoms with Crippen molar-refractivity contribution in [3.63, 3.8) is 0 Å². The van der Waals surface area contributed by atoms with Crippen molar-refractivity contribution < 1.29 is 4.74 Å². The first-order valence-electron chi connectivity index (χ1n) is 8.13. The number of nitrogens with zero attached hydrogens (tertiary/aromatic N) is 2. The Labute approximate surface area is 169 Å². The number of hydrogen-bond acceptors (Lipinski definition) is 3. The highest BCUT2D eigenvalue weighted by Gasteiger charge is 2.33. The fourth-order valence-electron chi connectivity index (χ4n) is 3.00. The first-order chi connectivity index (χ1) is 11.1. The van der Waals surface area contributed by atoms with Crippen LogP contribution in [0.3, 0.4) is 0 Å². The molecule has 0 aliphatic carbocycles. The van der Waals surface area contributed by atoms with Gasteiger partial charge in [0.15, 0.2) is 5.96 Å². The van der Waals surface area contributed by atoms with Gasteiger partial charge in [-0.25, -0.2) is 0 Å². The Hall–Kier alpha value is -0.540. The second kappa shape index (κ2) is 8.71. The van der Waals surface area contributed by atoms with Crippen molar-refractivity contribution in [1.29, 1.82) is 0 Å². The maximum atomic E-state index is 5.30. The van der Waals surface area contributed by atoms with E-state index in [4.69, 9.17) is 4.74 Å². The number of rotatable bonds is 4. The third kappa shape index (κ3) is 4.98. The largest absolute Gasteiger partial charge is 0.380 e. The zero-order valence-electron chi connectivity index (χ0n) is 14.2. The molecule has 5 nitrogen and oxygen atoms in total. The van der Waals surface area contributed by atoms with Crippen molar-refractivity contribution in [3.05, 3.63) is 28.7 Å². The Bertz CT molecular complexity index is 562. The highest BCUT2D eigenvalue weighted by Crippen LogP contribution is 2.25. The molecule has 0 aromatic heterocycles. The smallest absolute Gasteiger partial charge is 0.191 e. The molecular weight excluding hydrogens is 483 g/mol. The summed E-state index contributed by atoms with van der Waals surface area (Å²) >= 11 is 3.49. The van der Waals surface area contributed by atoms with Crippen molar-refractivity contribution in [2.75, 3.05) is 44.8 Å². The monoisotopic (exact) mass is 508 g/mol. The first kappa shape index (κ1) is 19.8. The van der Waals surface area contributed by atoms with Gasteiger partial charge in [-0.2, -0.15) is 0 Å². The fraction of sp³-hybridized carbons (Fsp3) is 0.588. The molecule has 1 atom stereocenters. The van der Waals surface area contributed by atoms with Crippen molar-refractivity contribution in [2.45, 2.75) is 19.4 Å². The quantitative estimate of drug-likeness (QED) is 0.373. The van der Waals surface area contributed by atoms with Crippen LogP contribution in [-0.2, 0) is 4.74 Å². The van der Waals surface area contributed by atoms with Gasteiger partial charge in [-0.1, -0.05) is 22.9 Å². The second-order valence-corrected chi connectivity index (χ2v) is 7.70. The molecule has 0 radical (unpaired) electrons. The Morgan fingerprint density at radius 2 is 2.08 bits per heavy atom. The molecule has 2 aliphatic rings. The molecule has 2 N–H and O–H groups in total. The fourth-order valence-corrected chi connectivity index (χ4v) is 3.27. The summed E-state index contributed by atoms with van der Waals surface area (Å²) in [6, 6.07) is 8.94. The van der Waals surface area contributed by atoms with Gasteiger partial charge < -0.3 is 20.3 Å². The lowest BCUT2D eigenvalue weighted by Gasteiger charge is -2.38. The topological polar surface area (TPSA) is 48.9 Å². The van der Waals surface area contributed by atoms with E-state index in [1.807, 2.05) is 7.05 Å². The highest BCUT2D eigenvalue weighted by atomic mass is 127. The Balaban J connectivity index is 0.00000208. The Kier molecular flexibility index (Phi) is 7.18. The molecule has 0 spiro atoms. The first-order valence-corrected chi connectivity index (χ1v) is 8.93. The standard InChI is InChI=1S/C17H25BrN4O.HI/c1-17(11-23-12-17)10-20-16(19-2)21-14-7-8-22(9-14)15-5-3-13(18)4-6-15;/h3-6,14H,7-12H2,1-2H3,(H2,19,20,21);1H. The molecule has 2 fully saturated rings. The van der Waals surface area contributed by atoms with Gasteiger partial charge in [-0.3, -0.25) is 4.99 Å². The zero-order valence-corrected chi connectivity index (χ0v) is 18.1. The third-order valence-electron chi connectivity index (χ3n) is 4.53. The van der Waals surface area contributed by atoms with Gasteiger partial charge in [-0.05, 0) is 30.7 Å². The third-order valence-corrected chi connectivity index (χ3v) is 5.06. The van der Waals surface area contributed by atoms with Crippen molar-refractivity contribution >= 4 is 51.6 Å². The van der Waals surface area contributed by atoms with Gasteiger partial charge >= 0.3 is 0 Å². The summed E-state index contributed by atoms with van der Waals surface area (Å²) in [6.07, 6.45) is 1.12. The SMILES string of the molecule is CN=C(NCC1(C)COC1)NC1CCN(c2ccc(Br)cc2)C1.I. The number of aliphatic imine (C=N–C) groups is 1. The van der Waals surface area contributed by atoms with Crippen molar-refractivity contribution in [2.24, 2.45) is 10.4 Å². The molecule has 0 bridgehead atoms. The summed E-state index contributed by atoms with van der Waals surface area (Å²) in [5.41, 5.74) is 1.52. The summed E-state index contributed by atoms with van der Waals surface area (Å²) in [6.45, 7) is 6.87. The lowest BCUT2D eigenvalue weighted by atomic mass is 9.89. The predicted molar refractivity (Wildman–Crippen MR) is 114 cm³/mol. The molecular formula is C17H26BrIN4O. The number of benzene rings is 1. The van der Waals surface area contributed by atoms with E-state index in [2.05, 4.69) is 67.6 Å². The van der Waals surface area contributed by atoms with E-state index in [-0.39, 0.29) is 29.4 Å². The van der Waals surface area contributed by atoms with Gasteiger partial charge in [-0.15, -0.1) is 24.0 Å². The summed E-state index contributed by atoms with van der Waals surface area (Å²) in [7, 11) is 1.83. The minimum Gasteiger partial charge on any atom is -0.380 e. The van der Waals surface area contributed by atoms with Crippen LogP contribution in [0.15, 0.2) is 33.7 Å².